The molecule has 0 aromatic heterocycles. The Balaban J connectivity index is 1.58. The van der Waals surface area contributed by atoms with Gasteiger partial charge < -0.3 is 14.2 Å². The molecule has 2 rings (SSSR count). The number of carbonyl (C=O) groups excluding carboxylic acids is 2. The molecular weight excluding hydrogens is 380 g/mol. The molecule has 0 amide bonds. The molecule has 0 bridgehead atoms. The highest BCUT2D eigenvalue weighted by molar-refractivity contribution is 5.70. The van der Waals surface area contributed by atoms with Crippen LogP contribution in [0.5, 0.6) is 11.5 Å². The third-order valence-corrected chi connectivity index (χ3v) is 4.55. The highest BCUT2D eigenvalue weighted by Crippen LogP contribution is 2.22. The number of hydrogen-bond acceptors (Lipinski definition) is 5. The van der Waals surface area contributed by atoms with Crippen LogP contribution in [0.3, 0.4) is 0 Å². The van der Waals surface area contributed by atoms with Gasteiger partial charge in [-0.1, -0.05) is 56.5 Å². The molecule has 0 fully saturated rings. The van der Waals surface area contributed by atoms with Gasteiger partial charge in [0.2, 0.25) is 0 Å². The van der Waals surface area contributed by atoms with E-state index >= 15 is 0 Å². The second-order valence-electron chi connectivity index (χ2n) is 7.21. The third kappa shape index (κ3) is 10.1. The molecule has 0 heterocycles. The van der Waals surface area contributed by atoms with E-state index in [0.29, 0.717) is 38.0 Å². The molecule has 5 heteroatoms. The van der Waals surface area contributed by atoms with Crippen LogP contribution < -0.4 is 4.74 Å². The predicted octanol–water partition coefficient (Wildman–Crippen LogP) is 6.21. The van der Waals surface area contributed by atoms with Crippen molar-refractivity contribution in [1.82, 2.24) is 0 Å². The minimum absolute atomic E-state index is 0.185. The summed E-state index contributed by atoms with van der Waals surface area (Å²) in [6, 6.07) is 17.0. The number of rotatable bonds is 14. The highest BCUT2D eigenvalue weighted by Gasteiger charge is 2.07. The summed E-state index contributed by atoms with van der Waals surface area (Å²) in [7, 11) is 0. The zero-order chi connectivity index (χ0) is 21.4. The fraction of sp³-hybridized carbons (Fsp3) is 0.440. The van der Waals surface area contributed by atoms with Gasteiger partial charge in [0.15, 0.2) is 0 Å². The summed E-state index contributed by atoms with van der Waals surface area (Å²) in [5.41, 5.74) is 0.864. The Morgan fingerprint density at radius 3 is 2.17 bits per heavy atom. The van der Waals surface area contributed by atoms with Crippen molar-refractivity contribution in [1.29, 1.82) is 0 Å². The first-order valence-electron chi connectivity index (χ1n) is 10.8. The lowest BCUT2D eigenvalue weighted by Crippen LogP contribution is -2.07. The molecule has 0 spiro atoms. The fourth-order valence-electron chi connectivity index (χ4n) is 2.89. The molecular formula is C25H32O5. The molecule has 0 saturated heterocycles. The number of esters is 2. The van der Waals surface area contributed by atoms with Crippen LogP contribution in [-0.2, 0) is 25.7 Å². The van der Waals surface area contributed by atoms with Crippen molar-refractivity contribution in [3.8, 4) is 11.5 Å². The van der Waals surface area contributed by atoms with Gasteiger partial charge in [-0.2, -0.15) is 0 Å². The zero-order valence-electron chi connectivity index (χ0n) is 17.8. The van der Waals surface area contributed by atoms with E-state index in [1.165, 1.54) is 6.42 Å². The summed E-state index contributed by atoms with van der Waals surface area (Å²) in [4.78, 5) is 23.6. The van der Waals surface area contributed by atoms with Crippen molar-refractivity contribution in [2.45, 2.75) is 64.9 Å². The number of carbonyl (C=O) groups is 2. The average Bonchev–Trinajstić information content (AvgIpc) is 2.76. The largest absolute Gasteiger partial charge is 0.466 e. The Labute approximate surface area is 179 Å². The maximum atomic E-state index is 11.9. The lowest BCUT2D eigenvalue weighted by atomic mass is 10.2. The van der Waals surface area contributed by atoms with Crippen LogP contribution in [-0.4, -0.2) is 18.5 Å². The molecule has 0 aliphatic carbocycles. The molecule has 30 heavy (non-hydrogen) atoms. The Hall–Kier alpha value is -2.82. The molecule has 0 saturated carbocycles. The Kier molecular flexibility index (Phi) is 11.1. The van der Waals surface area contributed by atoms with Crippen LogP contribution in [0.1, 0.15) is 63.9 Å². The lowest BCUT2D eigenvalue weighted by molar-refractivity contribution is -0.146. The Bertz CT molecular complexity index is 757. The van der Waals surface area contributed by atoms with Crippen molar-refractivity contribution in [3.05, 3.63) is 60.2 Å². The van der Waals surface area contributed by atoms with Gasteiger partial charge in [0.05, 0.1) is 6.61 Å². The minimum Gasteiger partial charge on any atom is -0.466 e. The topological polar surface area (TPSA) is 61.8 Å². The lowest BCUT2D eigenvalue weighted by Gasteiger charge is -2.08. The minimum atomic E-state index is -0.266. The Morgan fingerprint density at radius 1 is 0.733 bits per heavy atom. The second-order valence-corrected chi connectivity index (χ2v) is 7.21. The molecule has 162 valence electrons. The molecule has 0 aliphatic heterocycles. The van der Waals surface area contributed by atoms with Crippen molar-refractivity contribution in [2.75, 3.05) is 6.61 Å². The maximum absolute atomic E-state index is 11.9. The predicted molar refractivity (Wildman–Crippen MR) is 116 cm³/mol. The van der Waals surface area contributed by atoms with Gasteiger partial charge in [-0.15, -0.1) is 0 Å². The van der Waals surface area contributed by atoms with E-state index in [0.717, 1.165) is 30.6 Å². The van der Waals surface area contributed by atoms with Gasteiger partial charge in [0.1, 0.15) is 18.1 Å². The first kappa shape index (κ1) is 23.5. The molecule has 0 unspecified atom stereocenters. The van der Waals surface area contributed by atoms with Crippen LogP contribution in [0.2, 0.25) is 0 Å². The van der Waals surface area contributed by atoms with Crippen LogP contribution >= 0.6 is 0 Å². The van der Waals surface area contributed by atoms with Crippen LogP contribution in [0.25, 0.3) is 0 Å². The second kappa shape index (κ2) is 14.2. The highest BCUT2D eigenvalue weighted by atomic mass is 16.5. The monoisotopic (exact) mass is 412 g/mol. The van der Waals surface area contributed by atoms with Crippen LogP contribution in [0, 0.1) is 0 Å². The van der Waals surface area contributed by atoms with Gasteiger partial charge in [-0.3, -0.25) is 9.59 Å². The smallest absolute Gasteiger partial charge is 0.306 e. The van der Waals surface area contributed by atoms with Crippen LogP contribution in [0.15, 0.2) is 54.6 Å². The molecule has 0 atom stereocenters. The van der Waals surface area contributed by atoms with E-state index in [-0.39, 0.29) is 18.5 Å². The standard InChI is InChI=1S/C25H32O5/c1-2-3-4-10-18-28-24(26)16-8-9-17-25(27)29-20-21-12-11-15-23(19-21)30-22-13-6-5-7-14-22/h5-7,11-15,19H,2-4,8-10,16-18,20H2,1H3. The number of ether oxygens (including phenoxy) is 3. The summed E-state index contributed by atoms with van der Waals surface area (Å²) in [5.74, 6) is 1.00. The fourth-order valence-corrected chi connectivity index (χ4v) is 2.89. The summed E-state index contributed by atoms with van der Waals surface area (Å²) in [6.45, 7) is 2.84. The number of para-hydroxylation sites is 1. The first-order chi connectivity index (χ1) is 14.7. The molecule has 2 aromatic carbocycles. The summed E-state index contributed by atoms with van der Waals surface area (Å²) >= 11 is 0. The van der Waals surface area contributed by atoms with Gasteiger partial charge in [-0.05, 0) is 49.1 Å². The van der Waals surface area contributed by atoms with E-state index < -0.39 is 0 Å². The SMILES string of the molecule is CCCCCCOC(=O)CCCCC(=O)OCc1cccc(Oc2ccccc2)c1. The van der Waals surface area contributed by atoms with Gasteiger partial charge in [0.25, 0.3) is 0 Å². The summed E-state index contributed by atoms with van der Waals surface area (Å²) < 4.78 is 16.3. The van der Waals surface area contributed by atoms with Gasteiger partial charge >= 0.3 is 11.9 Å². The average molecular weight is 413 g/mol. The van der Waals surface area contributed by atoms with E-state index in [1.807, 2.05) is 54.6 Å². The quantitative estimate of drug-likeness (QED) is 0.273. The summed E-state index contributed by atoms with van der Waals surface area (Å²) in [6.07, 6.45) is 6.23. The first-order valence-corrected chi connectivity index (χ1v) is 10.8. The molecule has 0 radical (unpaired) electrons. The van der Waals surface area contributed by atoms with E-state index in [1.54, 1.807) is 0 Å². The number of benzene rings is 2. The van der Waals surface area contributed by atoms with Crippen molar-refractivity contribution in [2.24, 2.45) is 0 Å². The van der Waals surface area contributed by atoms with Crippen molar-refractivity contribution in [3.63, 3.8) is 0 Å². The van der Waals surface area contributed by atoms with E-state index in [2.05, 4.69) is 6.92 Å². The molecule has 5 nitrogen and oxygen atoms in total. The molecule has 2 aromatic rings. The van der Waals surface area contributed by atoms with Gasteiger partial charge in [0, 0.05) is 12.8 Å². The molecule has 0 N–H and O–H groups in total. The normalized spacial score (nSPS) is 10.4. The third-order valence-electron chi connectivity index (χ3n) is 4.55. The Morgan fingerprint density at radius 2 is 1.43 bits per heavy atom. The van der Waals surface area contributed by atoms with Gasteiger partial charge in [-0.25, -0.2) is 0 Å². The van der Waals surface area contributed by atoms with Crippen molar-refractivity contribution < 1.29 is 23.8 Å². The number of hydrogen-bond donors (Lipinski definition) is 0. The van der Waals surface area contributed by atoms with Crippen molar-refractivity contribution >= 4 is 11.9 Å². The van der Waals surface area contributed by atoms with E-state index in [4.69, 9.17) is 14.2 Å². The molecule has 0 aliphatic rings. The number of unbranched alkanes of at least 4 members (excludes halogenated alkanes) is 4. The summed E-state index contributed by atoms with van der Waals surface area (Å²) in [5, 5.41) is 0. The zero-order valence-corrected chi connectivity index (χ0v) is 17.8. The maximum Gasteiger partial charge on any atom is 0.306 e. The van der Waals surface area contributed by atoms with E-state index in [9.17, 15) is 9.59 Å². The van der Waals surface area contributed by atoms with Crippen LogP contribution in [0.4, 0.5) is 0 Å².